The Kier molecular flexibility index (Phi) is 6.97. The van der Waals surface area contributed by atoms with Gasteiger partial charge in [0.25, 0.3) is 0 Å². The highest BCUT2D eigenvalue weighted by Gasteiger charge is 2.25. The Morgan fingerprint density at radius 3 is 2.32 bits per heavy atom. The predicted octanol–water partition coefficient (Wildman–Crippen LogP) is 4.80. The summed E-state index contributed by atoms with van der Waals surface area (Å²) in [6.45, 7) is 5.30. The number of aromatic amines is 1. The number of nitrogens with zero attached hydrogens (tertiary/aromatic N) is 1. The third kappa shape index (κ3) is 6.86. The lowest BCUT2D eigenvalue weighted by atomic mass is 10.0. The van der Waals surface area contributed by atoms with Crippen molar-refractivity contribution in [3.63, 3.8) is 0 Å². The topological polar surface area (TPSA) is 96.1 Å². The Hall–Kier alpha value is -3.32. The van der Waals surface area contributed by atoms with E-state index < -0.39 is 17.7 Å². The molecule has 1 heterocycles. The summed E-state index contributed by atoms with van der Waals surface area (Å²) >= 11 is 5.95. The number of alkyl carbamates (subject to hydrolysis) is 1. The number of halogens is 1. The standard InChI is InChI=1S/C23H25ClN4O3/c1-23(2,3)31-22(30)28-20(12-15-4-8-18(24)9-5-15)21(29)27-19-10-6-16(7-11-19)17-13-25-26-14-17/h4-11,13-14,20H,12H2,1-3H3,(H,25,26)(H,27,29)(H,28,30). The van der Waals surface area contributed by atoms with Crippen molar-refractivity contribution in [2.24, 2.45) is 0 Å². The monoisotopic (exact) mass is 440 g/mol. The van der Waals surface area contributed by atoms with E-state index >= 15 is 0 Å². The van der Waals surface area contributed by atoms with Crippen molar-refractivity contribution in [1.29, 1.82) is 0 Å². The Bertz CT molecular complexity index is 1010. The molecule has 162 valence electrons. The number of carbonyl (C=O) groups excluding carboxylic acids is 2. The van der Waals surface area contributed by atoms with Crippen LogP contribution in [0.1, 0.15) is 26.3 Å². The molecule has 3 rings (SSSR count). The lowest BCUT2D eigenvalue weighted by molar-refractivity contribution is -0.118. The van der Waals surface area contributed by atoms with Gasteiger partial charge in [0.15, 0.2) is 0 Å². The van der Waals surface area contributed by atoms with Crippen molar-refractivity contribution in [2.75, 3.05) is 5.32 Å². The van der Waals surface area contributed by atoms with Crippen LogP contribution in [0.2, 0.25) is 5.02 Å². The maximum Gasteiger partial charge on any atom is 0.408 e. The number of aromatic nitrogens is 2. The average Bonchev–Trinajstić information content (AvgIpc) is 3.23. The molecule has 2 aromatic carbocycles. The minimum atomic E-state index is -0.829. The van der Waals surface area contributed by atoms with Gasteiger partial charge in [0.1, 0.15) is 11.6 Å². The summed E-state index contributed by atoms with van der Waals surface area (Å²) in [6, 6.07) is 13.7. The van der Waals surface area contributed by atoms with Crippen LogP contribution < -0.4 is 10.6 Å². The minimum Gasteiger partial charge on any atom is -0.444 e. The van der Waals surface area contributed by atoms with E-state index in [-0.39, 0.29) is 12.3 Å². The molecule has 0 spiro atoms. The first-order valence-electron chi connectivity index (χ1n) is 9.84. The Balaban J connectivity index is 1.72. The Morgan fingerprint density at radius 1 is 1.06 bits per heavy atom. The molecule has 0 bridgehead atoms. The van der Waals surface area contributed by atoms with Crippen molar-refractivity contribution in [3.05, 3.63) is 71.5 Å². The molecule has 7 nitrogen and oxygen atoms in total. The SMILES string of the molecule is CC(C)(C)OC(=O)NC(Cc1ccc(Cl)cc1)C(=O)Nc1ccc(-c2cn[nH]c2)cc1. The number of carbonyl (C=O) groups is 2. The summed E-state index contributed by atoms with van der Waals surface area (Å²) in [5, 5.41) is 12.8. The zero-order valence-electron chi connectivity index (χ0n) is 17.6. The third-order valence-electron chi connectivity index (χ3n) is 4.34. The molecule has 0 fully saturated rings. The van der Waals surface area contributed by atoms with Gasteiger partial charge in [-0.3, -0.25) is 9.89 Å². The number of hydrogen-bond acceptors (Lipinski definition) is 4. The van der Waals surface area contributed by atoms with Gasteiger partial charge in [-0.2, -0.15) is 5.10 Å². The normalized spacial score (nSPS) is 12.1. The first kappa shape index (κ1) is 22.4. The molecular formula is C23H25ClN4O3. The Labute approximate surface area is 186 Å². The second-order valence-corrected chi connectivity index (χ2v) is 8.52. The molecular weight excluding hydrogens is 416 g/mol. The van der Waals surface area contributed by atoms with Crippen LogP contribution in [0.5, 0.6) is 0 Å². The van der Waals surface area contributed by atoms with Crippen LogP contribution in [0.3, 0.4) is 0 Å². The number of benzene rings is 2. The maximum atomic E-state index is 13.0. The maximum absolute atomic E-state index is 13.0. The quantitative estimate of drug-likeness (QED) is 0.512. The lowest BCUT2D eigenvalue weighted by Crippen LogP contribution is -2.47. The molecule has 3 N–H and O–H groups in total. The predicted molar refractivity (Wildman–Crippen MR) is 121 cm³/mol. The van der Waals surface area contributed by atoms with Gasteiger partial charge >= 0.3 is 6.09 Å². The molecule has 0 saturated heterocycles. The highest BCUT2D eigenvalue weighted by Crippen LogP contribution is 2.20. The van der Waals surface area contributed by atoms with E-state index in [0.717, 1.165) is 16.7 Å². The number of amides is 2. The van der Waals surface area contributed by atoms with E-state index in [4.69, 9.17) is 16.3 Å². The third-order valence-corrected chi connectivity index (χ3v) is 4.60. The van der Waals surface area contributed by atoms with Crippen LogP contribution in [0.15, 0.2) is 60.9 Å². The highest BCUT2D eigenvalue weighted by molar-refractivity contribution is 6.30. The summed E-state index contributed by atoms with van der Waals surface area (Å²) in [5.74, 6) is -0.350. The fourth-order valence-corrected chi connectivity index (χ4v) is 3.03. The molecule has 0 saturated carbocycles. The first-order chi connectivity index (χ1) is 14.7. The fraction of sp³-hybridized carbons (Fsp3) is 0.261. The smallest absolute Gasteiger partial charge is 0.408 e. The van der Waals surface area contributed by atoms with Crippen LogP contribution in [0.25, 0.3) is 11.1 Å². The Morgan fingerprint density at radius 2 is 1.74 bits per heavy atom. The molecule has 0 radical (unpaired) electrons. The number of rotatable bonds is 6. The zero-order valence-corrected chi connectivity index (χ0v) is 18.4. The van der Waals surface area contributed by atoms with Crippen molar-refractivity contribution in [2.45, 2.75) is 38.8 Å². The van der Waals surface area contributed by atoms with E-state index in [1.807, 2.05) is 24.3 Å². The first-order valence-corrected chi connectivity index (χ1v) is 10.2. The molecule has 0 aliphatic carbocycles. The highest BCUT2D eigenvalue weighted by atomic mass is 35.5. The van der Waals surface area contributed by atoms with Crippen molar-refractivity contribution in [1.82, 2.24) is 15.5 Å². The summed E-state index contributed by atoms with van der Waals surface area (Å²) in [5.41, 5.74) is 2.72. The van der Waals surface area contributed by atoms with E-state index in [9.17, 15) is 9.59 Å². The number of anilines is 1. The van der Waals surface area contributed by atoms with Crippen LogP contribution in [-0.4, -0.2) is 33.8 Å². The largest absolute Gasteiger partial charge is 0.444 e. The molecule has 1 atom stereocenters. The number of hydrogen-bond donors (Lipinski definition) is 3. The van der Waals surface area contributed by atoms with E-state index in [1.54, 1.807) is 57.4 Å². The van der Waals surface area contributed by atoms with Gasteiger partial charge in [0.2, 0.25) is 5.91 Å². The van der Waals surface area contributed by atoms with Crippen LogP contribution in [0, 0.1) is 0 Å². The summed E-state index contributed by atoms with van der Waals surface area (Å²) < 4.78 is 5.32. The zero-order chi connectivity index (χ0) is 22.4. The molecule has 0 aliphatic rings. The van der Waals surface area contributed by atoms with Crippen molar-refractivity contribution in [3.8, 4) is 11.1 Å². The molecule has 1 aromatic heterocycles. The van der Waals surface area contributed by atoms with Crippen LogP contribution >= 0.6 is 11.6 Å². The van der Waals surface area contributed by atoms with Gasteiger partial charge in [-0.25, -0.2) is 4.79 Å². The summed E-state index contributed by atoms with van der Waals surface area (Å²) in [7, 11) is 0. The van der Waals surface area contributed by atoms with Crippen molar-refractivity contribution >= 4 is 29.3 Å². The number of H-pyrrole nitrogens is 1. The fourth-order valence-electron chi connectivity index (χ4n) is 2.90. The van der Waals surface area contributed by atoms with E-state index in [1.165, 1.54) is 0 Å². The molecule has 1 unspecified atom stereocenters. The van der Waals surface area contributed by atoms with Crippen molar-refractivity contribution < 1.29 is 14.3 Å². The average molecular weight is 441 g/mol. The molecule has 3 aromatic rings. The van der Waals surface area contributed by atoms with Crippen LogP contribution in [-0.2, 0) is 16.0 Å². The summed E-state index contributed by atoms with van der Waals surface area (Å²) in [6.07, 6.45) is 3.15. The molecule has 31 heavy (non-hydrogen) atoms. The molecule has 0 aliphatic heterocycles. The van der Waals surface area contributed by atoms with Gasteiger partial charge in [-0.15, -0.1) is 0 Å². The second kappa shape index (κ2) is 9.66. The van der Waals surface area contributed by atoms with Gasteiger partial charge in [0.05, 0.1) is 6.20 Å². The van der Waals surface area contributed by atoms with Crippen LogP contribution in [0.4, 0.5) is 10.5 Å². The van der Waals surface area contributed by atoms with Gasteiger partial charge in [-0.1, -0.05) is 35.9 Å². The van der Waals surface area contributed by atoms with E-state index in [0.29, 0.717) is 10.7 Å². The van der Waals surface area contributed by atoms with E-state index in [2.05, 4.69) is 20.8 Å². The molecule has 8 heteroatoms. The number of nitrogens with one attached hydrogen (secondary N) is 3. The van der Waals surface area contributed by atoms with Gasteiger partial charge in [-0.05, 0) is 56.2 Å². The van der Waals surface area contributed by atoms with Gasteiger partial charge < -0.3 is 15.4 Å². The summed E-state index contributed by atoms with van der Waals surface area (Å²) in [4.78, 5) is 25.3. The van der Waals surface area contributed by atoms with Gasteiger partial charge in [0, 0.05) is 28.9 Å². The lowest BCUT2D eigenvalue weighted by Gasteiger charge is -2.23. The molecule has 2 amide bonds. The second-order valence-electron chi connectivity index (χ2n) is 8.08. The minimum absolute atomic E-state index is 0.287. The number of ether oxygens (including phenoxy) is 1.